The van der Waals surface area contributed by atoms with E-state index in [4.69, 9.17) is 16.3 Å². The monoisotopic (exact) mass is 267 g/mol. The summed E-state index contributed by atoms with van der Waals surface area (Å²) in [4.78, 5) is 0. The largest absolute Gasteiger partial charge is 0.494 e. The van der Waals surface area contributed by atoms with Gasteiger partial charge in [0.2, 0.25) is 5.95 Å². The van der Waals surface area contributed by atoms with Gasteiger partial charge in [-0.15, -0.1) is 0 Å². The zero-order valence-corrected chi connectivity index (χ0v) is 11.0. The second-order valence-electron chi connectivity index (χ2n) is 3.66. The predicted octanol–water partition coefficient (Wildman–Crippen LogP) is 1.87. The van der Waals surface area contributed by atoms with E-state index in [-0.39, 0.29) is 0 Å². The summed E-state index contributed by atoms with van der Waals surface area (Å²) in [6.07, 6.45) is 0. The molecule has 18 heavy (non-hydrogen) atoms. The fourth-order valence-corrected chi connectivity index (χ4v) is 1.73. The molecule has 0 atom stereocenters. The Labute approximate surface area is 110 Å². The van der Waals surface area contributed by atoms with Gasteiger partial charge in [-0.3, -0.25) is 0 Å². The molecule has 0 fully saturated rings. The van der Waals surface area contributed by atoms with Gasteiger partial charge in [0, 0.05) is 24.2 Å². The molecule has 0 amide bonds. The number of nitrogens with one attached hydrogen (secondary N) is 1. The maximum atomic E-state index is 5.98. The van der Waals surface area contributed by atoms with E-state index in [0.29, 0.717) is 24.1 Å². The van der Waals surface area contributed by atoms with Gasteiger partial charge in [-0.2, -0.15) is 0 Å². The van der Waals surface area contributed by atoms with Crippen molar-refractivity contribution >= 4 is 17.5 Å². The van der Waals surface area contributed by atoms with Crippen LogP contribution in [0.2, 0.25) is 5.02 Å². The second kappa shape index (κ2) is 5.68. The summed E-state index contributed by atoms with van der Waals surface area (Å²) in [5.41, 5.74) is 0.965. The van der Waals surface area contributed by atoms with Gasteiger partial charge in [0.25, 0.3) is 0 Å². The van der Waals surface area contributed by atoms with E-state index in [1.807, 2.05) is 19.1 Å². The molecule has 1 aromatic heterocycles. The minimum absolute atomic E-state index is 0.546. The molecule has 96 valence electrons. The van der Waals surface area contributed by atoms with E-state index >= 15 is 0 Å². The van der Waals surface area contributed by atoms with Crippen LogP contribution in [0.5, 0.6) is 5.75 Å². The average molecular weight is 268 g/mol. The number of aryl methyl sites for hydroxylation is 1. The highest BCUT2D eigenvalue weighted by molar-refractivity contribution is 6.30. The van der Waals surface area contributed by atoms with Crippen molar-refractivity contribution in [3.05, 3.63) is 28.8 Å². The minimum Gasteiger partial charge on any atom is -0.494 e. The quantitative estimate of drug-likeness (QED) is 0.896. The molecule has 6 nitrogen and oxygen atoms in total. The molecule has 0 aliphatic rings. The van der Waals surface area contributed by atoms with Crippen LogP contribution in [-0.2, 0) is 13.6 Å². The molecule has 0 saturated carbocycles. The fraction of sp³-hybridized carbons (Fsp3) is 0.364. The predicted molar refractivity (Wildman–Crippen MR) is 68.7 cm³/mol. The summed E-state index contributed by atoms with van der Waals surface area (Å²) in [6, 6.07) is 5.53. The number of anilines is 1. The third kappa shape index (κ3) is 2.89. The van der Waals surface area contributed by atoms with Crippen molar-refractivity contribution in [2.24, 2.45) is 7.05 Å². The van der Waals surface area contributed by atoms with Crippen LogP contribution >= 0.6 is 11.6 Å². The van der Waals surface area contributed by atoms with Crippen LogP contribution in [0.3, 0.4) is 0 Å². The Morgan fingerprint density at radius 1 is 1.44 bits per heavy atom. The molecule has 0 spiro atoms. The first kappa shape index (κ1) is 12.6. The molecular weight excluding hydrogens is 254 g/mol. The van der Waals surface area contributed by atoms with Gasteiger partial charge in [0.1, 0.15) is 5.75 Å². The molecule has 0 radical (unpaired) electrons. The number of nitrogens with zero attached hydrogens (tertiary/aromatic N) is 4. The van der Waals surface area contributed by atoms with Crippen molar-refractivity contribution in [1.29, 1.82) is 0 Å². The smallest absolute Gasteiger partial charge is 0.242 e. The Hall–Kier alpha value is -1.82. The zero-order chi connectivity index (χ0) is 13.0. The molecule has 0 unspecified atom stereocenters. The third-order valence-corrected chi connectivity index (χ3v) is 2.61. The lowest BCUT2D eigenvalue weighted by Gasteiger charge is -2.11. The molecule has 0 aliphatic carbocycles. The Balaban J connectivity index is 2.12. The van der Waals surface area contributed by atoms with Crippen LogP contribution in [0.25, 0.3) is 0 Å². The van der Waals surface area contributed by atoms with Gasteiger partial charge in [0.15, 0.2) is 0 Å². The van der Waals surface area contributed by atoms with Crippen LogP contribution in [0.4, 0.5) is 5.95 Å². The number of halogens is 1. The van der Waals surface area contributed by atoms with Crippen LogP contribution in [0.1, 0.15) is 12.5 Å². The number of ether oxygens (including phenoxy) is 1. The summed E-state index contributed by atoms with van der Waals surface area (Å²) in [5, 5.41) is 14.9. The van der Waals surface area contributed by atoms with E-state index in [2.05, 4.69) is 20.8 Å². The Morgan fingerprint density at radius 3 is 2.94 bits per heavy atom. The molecule has 0 saturated heterocycles. The minimum atomic E-state index is 0.546. The number of tetrazole rings is 1. The number of aromatic nitrogens is 4. The van der Waals surface area contributed by atoms with Gasteiger partial charge in [-0.25, -0.2) is 4.68 Å². The Kier molecular flexibility index (Phi) is 3.99. The Bertz CT molecular complexity index is 528. The number of hydrogen-bond acceptors (Lipinski definition) is 5. The molecule has 2 rings (SSSR count). The van der Waals surface area contributed by atoms with E-state index in [1.165, 1.54) is 0 Å². The van der Waals surface area contributed by atoms with E-state index < -0.39 is 0 Å². The van der Waals surface area contributed by atoms with Crippen LogP contribution in [-0.4, -0.2) is 26.8 Å². The van der Waals surface area contributed by atoms with Crippen molar-refractivity contribution in [1.82, 2.24) is 20.2 Å². The van der Waals surface area contributed by atoms with E-state index in [1.54, 1.807) is 17.8 Å². The van der Waals surface area contributed by atoms with Crippen LogP contribution in [0, 0.1) is 0 Å². The maximum absolute atomic E-state index is 5.98. The topological polar surface area (TPSA) is 64.9 Å². The molecule has 0 bridgehead atoms. The van der Waals surface area contributed by atoms with E-state index in [0.717, 1.165) is 11.3 Å². The molecular formula is C11H14ClN5O. The van der Waals surface area contributed by atoms with Crippen molar-refractivity contribution < 1.29 is 4.74 Å². The highest BCUT2D eigenvalue weighted by Gasteiger charge is 2.06. The van der Waals surface area contributed by atoms with E-state index in [9.17, 15) is 0 Å². The second-order valence-corrected chi connectivity index (χ2v) is 4.10. The molecule has 1 aromatic carbocycles. The number of rotatable bonds is 5. The van der Waals surface area contributed by atoms with Gasteiger partial charge in [-0.05, 0) is 35.5 Å². The zero-order valence-electron chi connectivity index (χ0n) is 10.2. The number of benzene rings is 1. The average Bonchev–Trinajstić information content (AvgIpc) is 2.75. The molecule has 7 heteroatoms. The lowest BCUT2D eigenvalue weighted by molar-refractivity contribution is 0.337. The SMILES string of the molecule is CCOc1ccc(Cl)cc1CNc1nnnn1C. The third-order valence-electron chi connectivity index (χ3n) is 2.38. The molecule has 0 aliphatic heterocycles. The first-order valence-electron chi connectivity index (χ1n) is 5.58. The summed E-state index contributed by atoms with van der Waals surface area (Å²) >= 11 is 5.98. The van der Waals surface area contributed by atoms with Crippen molar-refractivity contribution in [2.45, 2.75) is 13.5 Å². The Morgan fingerprint density at radius 2 is 2.28 bits per heavy atom. The van der Waals surface area contributed by atoms with Gasteiger partial charge >= 0.3 is 0 Å². The number of hydrogen-bond donors (Lipinski definition) is 1. The van der Waals surface area contributed by atoms with Crippen molar-refractivity contribution in [2.75, 3.05) is 11.9 Å². The summed E-state index contributed by atoms with van der Waals surface area (Å²) in [5.74, 6) is 1.40. The highest BCUT2D eigenvalue weighted by atomic mass is 35.5. The molecule has 1 N–H and O–H groups in total. The summed E-state index contributed by atoms with van der Waals surface area (Å²) in [6.45, 7) is 3.10. The van der Waals surface area contributed by atoms with Crippen LogP contribution in [0.15, 0.2) is 18.2 Å². The van der Waals surface area contributed by atoms with Gasteiger partial charge < -0.3 is 10.1 Å². The lowest BCUT2D eigenvalue weighted by Crippen LogP contribution is -2.07. The van der Waals surface area contributed by atoms with Gasteiger partial charge in [0.05, 0.1) is 6.61 Å². The summed E-state index contributed by atoms with van der Waals surface area (Å²) < 4.78 is 7.10. The summed E-state index contributed by atoms with van der Waals surface area (Å²) in [7, 11) is 1.77. The van der Waals surface area contributed by atoms with Crippen molar-refractivity contribution in [3.63, 3.8) is 0 Å². The first-order chi connectivity index (χ1) is 8.70. The van der Waals surface area contributed by atoms with Crippen molar-refractivity contribution in [3.8, 4) is 5.75 Å². The normalized spacial score (nSPS) is 10.4. The van der Waals surface area contributed by atoms with Gasteiger partial charge in [-0.1, -0.05) is 16.7 Å². The standard InChI is InChI=1S/C11H14ClN5O/c1-3-18-10-5-4-9(12)6-8(10)7-13-11-14-15-16-17(11)2/h4-6H,3,7H2,1-2H3,(H,13,14,16). The lowest BCUT2D eigenvalue weighted by atomic mass is 10.2. The fourth-order valence-electron chi connectivity index (χ4n) is 1.54. The molecule has 2 aromatic rings. The highest BCUT2D eigenvalue weighted by Crippen LogP contribution is 2.23. The van der Waals surface area contributed by atoms with Crippen LogP contribution < -0.4 is 10.1 Å². The first-order valence-corrected chi connectivity index (χ1v) is 5.96. The maximum Gasteiger partial charge on any atom is 0.242 e. The molecule has 1 heterocycles.